The van der Waals surface area contributed by atoms with Crippen molar-refractivity contribution in [1.29, 1.82) is 0 Å². The van der Waals surface area contributed by atoms with Gasteiger partial charge in [-0.2, -0.15) is 0 Å². The maximum atomic E-state index is 11.7. The molecule has 1 heterocycles. The fraction of sp³-hybridized carbons (Fsp3) is 0.800. The lowest BCUT2D eigenvalue weighted by Crippen LogP contribution is -2.30. The number of aromatic nitrogens is 4. The van der Waals surface area contributed by atoms with Crippen molar-refractivity contribution in [3.05, 3.63) is 0 Å². The van der Waals surface area contributed by atoms with E-state index in [9.17, 15) is 4.79 Å². The number of hydrogen-bond acceptors (Lipinski definition) is 5. The maximum Gasteiger partial charge on any atom is 0.222 e. The molecule has 0 atom stereocenters. The Bertz CT molecular complexity index is 350. The van der Waals surface area contributed by atoms with Gasteiger partial charge in [0, 0.05) is 32.3 Å². The van der Waals surface area contributed by atoms with E-state index in [0.717, 1.165) is 30.4 Å². The summed E-state index contributed by atoms with van der Waals surface area (Å²) in [6, 6.07) is 0. The normalized spacial score (nSPS) is 10.5. The predicted octanol–water partition coefficient (Wildman–Crippen LogP) is 0.951. The number of tetrazole rings is 1. The highest BCUT2D eigenvalue weighted by atomic mass is 32.2. The van der Waals surface area contributed by atoms with Crippen LogP contribution in [0.3, 0.4) is 0 Å². The number of hydrogen-bond donors (Lipinski definition) is 0. The van der Waals surface area contributed by atoms with Crippen LogP contribution in [0.4, 0.5) is 0 Å². The molecule has 0 spiro atoms. The first-order valence-electron chi connectivity index (χ1n) is 5.82. The molecule has 1 amide bonds. The highest BCUT2D eigenvalue weighted by Gasteiger charge is 2.09. The molecule has 0 saturated carbocycles. The number of carbonyl (C=O) groups is 1. The average Bonchev–Trinajstić information content (AvgIpc) is 2.72. The molecule has 1 aromatic rings. The van der Waals surface area contributed by atoms with Crippen LogP contribution in [0.1, 0.15) is 26.7 Å². The molecule has 96 valence electrons. The first kappa shape index (κ1) is 14.0. The number of thioether (sulfide) groups is 1. The van der Waals surface area contributed by atoms with Crippen molar-refractivity contribution >= 4 is 17.7 Å². The van der Waals surface area contributed by atoms with Crippen LogP contribution >= 0.6 is 11.8 Å². The quantitative estimate of drug-likeness (QED) is 0.537. The maximum absolute atomic E-state index is 11.7. The number of nitrogens with zero attached hydrogens (tertiary/aromatic N) is 5. The third-order valence-corrected chi connectivity index (χ3v) is 3.56. The summed E-state index contributed by atoms with van der Waals surface area (Å²) in [4.78, 5) is 13.6. The molecule has 0 radical (unpaired) electrons. The summed E-state index contributed by atoms with van der Waals surface area (Å²) < 4.78 is 1.64. The predicted molar refractivity (Wildman–Crippen MR) is 66.7 cm³/mol. The van der Waals surface area contributed by atoms with Crippen molar-refractivity contribution < 1.29 is 4.79 Å². The van der Waals surface area contributed by atoms with Gasteiger partial charge >= 0.3 is 0 Å². The third kappa shape index (κ3) is 4.33. The van der Waals surface area contributed by atoms with Gasteiger partial charge in [-0.15, -0.1) is 5.10 Å². The van der Waals surface area contributed by atoms with E-state index in [1.165, 1.54) is 0 Å². The van der Waals surface area contributed by atoms with Gasteiger partial charge in [0.25, 0.3) is 0 Å². The zero-order chi connectivity index (χ0) is 12.7. The van der Waals surface area contributed by atoms with E-state index >= 15 is 0 Å². The van der Waals surface area contributed by atoms with E-state index in [-0.39, 0.29) is 5.91 Å². The summed E-state index contributed by atoms with van der Waals surface area (Å²) in [5.74, 6) is 1.09. The Morgan fingerprint density at radius 1 is 1.41 bits per heavy atom. The summed E-state index contributed by atoms with van der Waals surface area (Å²) >= 11 is 1.58. The Hall–Kier alpha value is -1.11. The fourth-order valence-corrected chi connectivity index (χ4v) is 2.25. The van der Waals surface area contributed by atoms with Crippen molar-refractivity contribution in [3.63, 3.8) is 0 Å². The molecule has 6 nitrogen and oxygen atoms in total. The van der Waals surface area contributed by atoms with Crippen LogP contribution < -0.4 is 0 Å². The molecule has 0 aromatic carbocycles. The Morgan fingerprint density at radius 3 is 2.65 bits per heavy atom. The van der Waals surface area contributed by atoms with E-state index in [4.69, 9.17) is 0 Å². The lowest BCUT2D eigenvalue weighted by atomic mass is 10.3. The first-order valence-corrected chi connectivity index (χ1v) is 6.80. The molecule has 0 unspecified atom stereocenters. The van der Waals surface area contributed by atoms with Crippen LogP contribution in [0, 0.1) is 0 Å². The number of amides is 1. The minimum absolute atomic E-state index is 0.228. The van der Waals surface area contributed by atoms with Gasteiger partial charge in [0.05, 0.1) is 0 Å². The van der Waals surface area contributed by atoms with E-state index in [1.807, 2.05) is 25.8 Å². The van der Waals surface area contributed by atoms with Crippen LogP contribution in [0.2, 0.25) is 0 Å². The van der Waals surface area contributed by atoms with Crippen LogP contribution in [0.25, 0.3) is 0 Å². The second-order valence-corrected chi connectivity index (χ2v) is 4.67. The zero-order valence-electron chi connectivity index (χ0n) is 10.6. The summed E-state index contributed by atoms with van der Waals surface area (Å²) in [5, 5.41) is 12.0. The molecule has 0 N–H and O–H groups in total. The molecule has 0 fully saturated rings. The van der Waals surface area contributed by atoms with Gasteiger partial charge in [-0.1, -0.05) is 11.8 Å². The van der Waals surface area contributed by atoms with E-state index < -0.39 is 0 Å². The van der Waals surface area contributed by atoms with Crippen molar-refractivity contribution in [2.45, 2.75) is 31.8 Å². The average molecular weight is 257 g/mol. The Balaban J connectivity index is 2.20. The van der Waals surface area contributed by atoms with Crippen LogP contribution in [-0.2, 0) is 11.8 Å². The number of aryl methyl sites for hydroxylation is 1. The molecule has 1 aromatic heterocycles. The smallest absolute Gasteiger partial charge is 0.222 e. The lowest BCUT2D eigenvalue weighted by molar-refractivity contribution is -0.130. The summed E-state index contributed by atoms with van der Waals surface area (Å²) in [7, 11) is 1.81. The van der Waals surface area contributed by atoms with Gasteiger partial charge in [-0.25, -0.2) is 4.68 Å². The molecule has 0 saturated heterocycles. The Labute approximate surface area is 106 Å². The summed E-state index contributed by atoms with van der Waals surface area (Å²) in [6.45, 7) is 5.58. The molecular formula is C10H19N5OS. The van der Waals surface area contributed by atoms with Gasteiger partial charge in [-0.05, 0) is 30.7 Å². The van der Waals surface area contributed by atoms with Crippen LogP contribution in [0.5, 0.6) is 0 Å². The first-order chi connectivity index (χ1) is 8.19. The SMILES string of the molecule is CCN(CC)C(=O)CCCSc1nnnn1C. The Kier molecular flexibility index (Phi) is 5.96. The van der Waals surface area contributed by atoms with Crippen molar-refractivity contribution in [3.8, 4) is 0 Å². The van der Waals surface area contributed by atoms with Gasteiger partial charge in [-0.3, -0.25) is 4.79 Å². The fourth-order valence-electron chi connectivity index (χ4n) is 1.46. The monoisotopic (exact) mass is 257 g/mol. The zero-order valence-corrected chi connectivity index (χ0v) is 11.4. The van der Waals surface area contributed by atoms with Crippen LogP contribution in [0.15, 0.2) is 5.16 Å². The topological polar surface area (TPSA) is 63.9 Å². The van der Waals surface area contributed by atoms with E-state index in [2.05, 4.69) is 15.5 Å². The second-order valence-electron chi connectivity index (χ2n) is 3.60. The molecule has 0 bridgehead atoms. The highest BCUT2D eigenvalue weighted by molar-refractivity contribution is 7.99. The van der Waals surface area contributed by atoms with Gasteiger partial charge < -0.3 is 4.90 Å². The molecule has 1 rings (SSSR count). The standard InChI is InChI=1S/C10H19N5OS/c1-4-15(5-2)9(16)7-6-8-17-10-11-12-13-14(10)3/h4-8H2,1-3H3. The molecule has 0 aliphatic heterocycles. The summed E-state index contributed by atoms with van der Waals surface area (Å²) in [6.07, 6.45) is 1.45. The van der Waals surface area contributed by atoms with Crippen LogP contribution in [-0.4, -0.2) is 49.9 Å². The molecular weight excluding hydrogens is 238 g/mol. The second kappa shape index (κ2) is 7.26. The lowest BCUT2D eigenvalue weighted by Gasteiger charge is -2.18. The van der Waals surface area contributed by atoms with Crippen molar-refractivity contribution in [1.82, 2.24) is 25.1 Å². The molecule has 0 aliphatic carbocycles. The van der Waals surface area contributed by atoms with Crippen molar-refractivity contribution in [2.75, 3.05) is 18.8 Å². The minimum atomic E-state index is 0.228. The van der Waals surface area contributed by atoms with Gasteiger partial charge in [0.15, 0.2) is 0 Å². The third-order valence-electron chi connectivity index (χ3n) is 2.46. The van der Waals surface area contributed by atoms with Crippen molar-refractivity contribution in [2.24, 2.45) is 7.05 Å². The van der Waals surface area contributed by atoms with Gasteiger partial charge in [0.1, 0.15) is 0 Å². The Morgan fingerprint density at radius 2 is 2.12 bits per heavy atom. The van der Waals surface area contributed by atoms with E-state index in [1.54, 1.807) is 16.4 Å². The molecule has 17 heavy (non-hydrogen) atoms. The minimum Gasteiger partial charge on any atom is -0.343 e. The highest BCUT2D eigenvalue weighted by Crippen LogP contribution is 2.14. The van der Waals surface area contributed by atoms with E-state index in [0.29, 0.717) is 6.42 Å². The summed E-state index contributed by atoms with van der Waals surface area (Å²) in [5.41, 5.74) is 0. The van der Waals surface area contributed by atoms with Gasteiger partial charge in [0.2, 0.25) is 11.1 Å². The molecule has 0 aliphatic rings. The number of rotatable bonds is 7. The largest absolute Gasteiger partial charge is 0.343 e. The molecule has 7 heteroatoms. The number of carbonyl (C=O) groups excluding carboxylic acids is 1.